The Morgan fingerprint density at radius 2 is 1.50 bits per heavy atom. The van der Waals surface area contributed by atoms with E-state index in [-0.39, 0.29) is 30.7 Å². The average Bonchev–Trinajstić information content (AvgIpc) is 2.90. The number of nitrogens with one attached hydrogen (secondary N) is 2. The molecular weight excluding hydrogens is 454 g/mol. The minimum absolute atomic E-state index is 0.120. The van der Waals surface area contributed by atoms with E-state index in [4.69, 9.17) is 0 Å². The highest BCUT2D eigenvalue weighted by Gasteiger charge is 2.33. The summed E-state index contributed by atoms with van der Waals surface area (Å²) >= 11 is 0. The van der Waals surface area contributed by atoms with Gasteiger partial charge in [0, 0.05) is 31.3 Å². The number of nitrogens with zero attached hydrogens (tertiary/aromatic N) is 1. The Morgan fingerprint density at radius 3 is 2.03 bits per heavy atom. The number of aromatic nitrogens is 1. The van der Waals surface area contributed by atoms with Gasteiger partial charge in [-0.05, 0) is 35.1 Å². The fourth-order valence-corrected chi connectivity index (χ4v) is 4.21. The molecule has 2 amide bonds. The van der Waals surface area contributed by atoms with E-state index in [9.17, 15) is 19.8 Å². The van der Waals surface area contributed by atoms with Gasteiger partial charge in [-0.2, -0.15) is 0 Å². The summed E-state index contributed by atoms with van der Waals surface area (Å²) in [4.78, 5) is 29.7. The summed E-state index contributed by atoms with van der Waals surface area (Å²) in [5, 5.41) is 26.9. The van der Waals surface area contributed by atoms with Crippen LogP contribution in [0, 0.1) is 5.92 Å². The molecule has 0 spiro atoms. The van der Waals surface area contributed by atoms with Crippen LogP contribution < -0.4 is 10.6 Å². The Kier molecular flexibility index (Phi) is 10.2. The Morgan fingerprint density at radius 1 is 0.889 bits per heavy atom. The number of amides is 2. The summed E-state index contributed by atoms with van der Waals surface area (Å²) in [6, 6.07) is 22.3. The van der Waals surface area contributed by atoms with Gasteiger partial charge in [0.1, 0.15) is 6.10 Å². The van der Waals surface area contributed by atoms with Gasteiger partial charge in [0.15, 0.2) is 6.10 Å². The first-order valence-corrected chi connectivity index (χ1v) is 12.3. The normalized spacial score (nSPS) is 13.7. The number of aliphatic hydroxyl groups excluding tert-OH is 2. The van der Waals surface area contributed by atoms with Gasteiger partial charge in [-0.25, -0.2) is 0 Å². The van der Waals surface area contributed by atoms with E-state index >= 15 is 0 Å². The molecule has 3 rings (SSSR count). The van der Waals surface area contributed by atoms with Crippen molar-refractivity contribution in [2.45, 2.75) is 57.4 Å². The number of carbonyl (C=O) groups is 2. The van der Waals surface area contributed by atoms with Crippen LogP contribution in [0.15, 0.2) is 85.2 Å². The third kappa shape index (κ3) is 8.00. The molecule has 0 bridgehead atoms. The molecule has 0 saturated heterocycles. The number of hydrogen-bond acceptors (Lipinski definition) is 5. The van der Waals surface area contributed by atoms with Crippen LogP contribution in [0.5, 0.6) is 0 Å². The first-order valence-electron chi connectivity index (χ1n) is 12.3. The van der Waals surface area contributed by atoms with Crippen molar-refractivity contribution < 1.29 is 19.8 Å². The van der Waals surface area contributed by atoms with E-state index in [0.717, 1.165) is 16.7 Å². The summed E-state index contributed by atoms with van der Waals surface area (Å²) in [6.45, 7) is 4.09. The van der Waals surface area contributed by atoms with E-state index in [1.807, 2.05) is 74.5 Å². The van der Waals surface area contributed by atoms with Crippen LogP contribution in [0.4, 0.5) is 0 Å². The molecule has 0 unspecified atom stereocenters. The third-order valence-corrected chi connectivity index (χ3v) is 6.06. The van der Waals surface area contributed by atoms with Crippen LogP contribution in [-0.2, 0) is 16.1 Å². The van der Waals surface area contributed by atoms with Crippen molar-refractivity contribution in [1.29, 1.82) is 0 Å². The van der Waals surface area contributed by atoms with Gasteiger partial charge in [-0.3, -0.25) is 14.6 Å². The quantitative estimate of drug-likeness (QED) is 0.312. The molecule has 36 heavy (non-hydrogen) atoms. The Hall–Kier alpha value is -3.55. The van der Waals surface area contributed by atoms with Crippen LogP contribution in [0.25, 0.3) is 0 Å². The Bertz CT molecular complexity index is 1040. The molecule has 4 N–H and O–H groups in total. The second-order valence-electron chi connectivity index (χ2n) is 9.40. The first-order chi connectivity index (χ1) is 17.3. The van der Waals surface area contributed by atoms with E-state index in [1.54, 1.807) is 24.5 Å². The predicted molar refractivity (Wildman–Crippen MR) is 139 cm³/mol. The summed E-state index contributed by atoms with van der Waals surface area (Å²) in [5.41, 5.74) is 2.79. The lowest BCUT2D eigenvalue weighted by molar-refractivity contribution is -0.138. The van der Waals surface area contributed by atoms with Crippen LogP contribution in [-0.4, -0.2) is 45.3 Å². The van der Waals surface area contributed by atoms with Crippen LogP contribution >= 0.6 is 0 Å². The maximum Gasteiger partial charge on any atom is 0.251 e. The smallest absolute Gasteiger partial charge is 0.251 e. The van der Waals surface area contributed by atoms with Crippen molar-refractivity contribution in [1.82, 2.24) is 15.6 Å². The zero-order valence-electron chi connectivity index (χ0n) is 20.7. The van der Waals surface area contributed by atoms with E-state index in [0.29, 0.717) is 6.42 Å². The number of rotatable bonds is 12. The van der Waals surface area contributed by atoms with Gasteiger partial charge in [0.05, 0.1) is 6.04 Å². The molecule has 0 radical (unpaired) electrons. The van der Waals surface area contributed by atoms with E-state index < -0.39 is 24.2 Å². The highest BCUT2D eigenvalue weighted by atomic mass is 16.3. The van der Waals surface area contributed by atoms with Crippen molar-refractivity contribution in [3.05, 3.63) is 102 Å². The van der Waals surface area contributed by atoms with Gasteiger partial charge >= 0.3 is 0 Å². The second-order valence-corrected chi connectivity index (χ2v) is 9.40. The third-order valence-electron chi connectivity index (χ3n) is 6.06. The fourth-order valence-electron chi connectivity index (χ4n) is 4.21. The lowest BCUT2D eigenvalue weighted by atomic mass is 9.88. The largest absolute Gasteiger partial charge is 0.388 e. The molecule has 2 aromatic carbocycles. The number of benzene rings is 2. The molecule has 190 valence electrons. The maximum atomic E-state index is 13.2. The van der Waals surface area contributed by atoms with Gasteiger partial charge in [-0.15, -0.1) is 0 Å². The van der Waals surface area contributed by atoms with Crippen LogP contribution in [0.3, 0.4) is 0 Å². The average molecular weight is 490 g/mol. The van der Waals surface area contributed by atoms with Crippen molar-refractivity contribution in [3.63, 3.8) is 0 Å². The minimum Gasteiger partial charge on any atom is -0.388 e. The fraction of sp³-hybridized carbons (Fsp3) is 0.345. The highest BCUT2D eigenvalue weighted by Crippen LogP contribution is 2.28. The molecule has 3 aromatic rings. The SMILES string of the molecule is CC(C)C[C@H](NC(=O)CC(c1ccccc1)c1ccccc1)[C@H](O)[C@@H](O)C(=O)NCc1cccnc1. The zero-order chi connectivity index (χ0) is 25.9. The first kappa shape index (κ1) is 27.0. The maximum absolute atomic E-state index is 13.2. The minimum atomic E-state index is -1.69. The van der Waals surface area contributed by atoms with Crippen molar-refractivity contribution >= 4 is 11.8 Å². The molecule has 3 atom stereocenters. The lowest BCUT2D eigenvalue weighted by Gasteiger charge is -2.29. The molecule has 1 aromatic heterocycles. The monoisotopic (exact) mass is 489 g/mol. The topological polar surface area (TPSA) is 112 Å². The summed E-state index contributed by atoms with van der Waals surface area (Å²) < 4.78 is 0. The van der Waals surface area contributed by atoms with Crippen LogP contribution in [0.1, 0.15) is 49.3 Å². The van der Waals surface area contributed by atoms with E-state index in [2.05, 4.69) is 15.6 Å². The highest BCUT2D eigenvalue weighted by molar-refractivity contribution is 5.82. The van der Waals surface area contributed by atoms with Gasteiger partial charge in [0.2, 0.25) is 5.91 Å². The standard InChI is InChI=1S/C29H35N3O4/c1-20(2)16-25(27(34)28(35)29(36)31-19-21-10-9-15-30-18-21)32-26(33)17-24(22-11-5-3-6-12-22)23-13-7-4-8-14-23/h3-15,18,20,24-25,27-28,34-35H,16-17,19H2,1-2H3,(H,31,36)(H,32,33)/t25-,27-,28+/m0/s1. The summed E-state index contributed by atoms with van der Waals surface area (Å²) in [6.07, 6.45) is 0.658. The number of hydrogen-bond donors (Lipinski definition) is 4. The molecule has 0 saturated carbocycles. The molecule has 1 heterocycles. The molecule has 0 aliphatic heterocycles. The van der Waals surface area contributed by atoms with Crippen molar-refractivity contribution in [3.8, 4) is 0 Å². The molecule has 7 nitrogen and oxygen atoms in total. The lowest BCUT2D eigenvalue weighted by Crippen LogP contribution is -2.53. The molecular formula is C29H35N3O4. The summed E-state index contributed by atoms with van der Waals surface area (Å²) in [5.74, 6) is -1.02. The Balaban J connectivity index is 1.68. The summed E-state index contributed by atoms with van der Waals surface area (Å²) in [7, 11) is 0. The van der Waals surface area contributed by atoms with Crippen molar-refractivity contribution in [2.24, 2.45) is 5.92 Å². The van der Waals surface area contributed by atoms with Gasteiger partial charge < -0.3 is 20.8 Å². The predicted octanol–water partition coefficient (Wildman–Crippen LogP) is 3.17. The molecule has 0 aliphatic carbocycles. The molecule has 0 aliphatic rings. The van der Waals surface area contributed by atoms with Crippen molar-refractivity contribution in [2.75, 3.05) is 0 Å². The molecule has 0 fully saturated rings. The zero-order valence-corrected chi connectivity index (χ0v) is 20.7. The second kappa shape index (κ2) is 13.5. The number of pyridine rings is 1. The van der Waals surface area contributed by atoms with E-state index in [1.165, 1.54) is 0 Å². The number of aliphatic hydroxyl groups is 2. The van der Waals surface area contributed by atoms with Gasteiger partial charge in [-0.1, -0.05) is 80.6 Å². The molecule has 7 heteroatoms. The van der Waals surface area contributed by atoms with Crippen LogP contribution in [0.2, 0.25) is 0 Å². The Labute approximate surface area is 212 Å². The number of carbonyl (C=O) groups excluding carboxylic acids is 2. The van der Waals surface area contributed by atoms with Gasteiger partial charge in [0.25, 0.3) is 5.91 Å².